The summed E-state index contributed by atoms with van der Waals surface area (Å²) in [4.78, 5) is 17.0. The molecule has 188 valence electrons. The summed E-state index contributed by atoms with van der Waals surface area (Å²) in [5.74, 6) is -1.69. The standard InChI is InChI=1S/C27H27F3N4O2/c28-19-3-5-22(6-4-19)32-12-18-13-33(26(36)25(31)17-1-7-24(35)8-2-17)14-27(18)15-34(16-27)23-10-20(29)9-21(30)11-23/h1-11,18,25,32,35H,12-16,31H2/t18?,25-/m1/s1. The maximum atomic E-state index is 13.8. The first-order chi connectivity index (χ1) is 17.2. The Hall–Kier alpha value is -3.72. The number of nitrogens with two attached hydrogens (primary N) is 1. The van der Waals surface area contributed by atoms with Crippen LogP contribution >= 0.6 is 0 Å². The second-order valence-corrected chi connectivity index (χ2v) is 9.72. The maximum Gasteiger partial charge on any atom is 0.244 e. The number of phenols is 1. The Kier molecular flexibility index (Phi) is 6.26. The molecule has 1 amide bonds. The molecule has 2 atom stereocenters. The maximum absolute atomic E-state index is 13.8. The fourth-order valence-corrected chi connectivity index (χ4v) is 5.29. The van der Waals surface area contributed by atoms with Gasteiger partial charge in [0.05, 0.1) is 0 Å². The van der Waals surface area contributed by atoms with Gasteiger partial charge in [0.2, 0.25) is 5.91 Å². The van der Waals surface area contributed by atoms with Crippen LogP contribution in [-0.2, 0) is 4.79 Å². The van der Waals surface area contributed by atoms with Gasteiger partial charge < -0.3 is 26.0 Å². The quantitative estimate of drug-likeness (QED) is 0.483. The third-order valence-electron chi connectivity index (χ3n) is 7.26. The summed E-state index contributed by atoms with van der Waals surface area (Å²) in [7, 11) is 0. The molecule has 0 bridgehead atoms. The second-order valence-electron chi connectivity index (χ2n) is 9.72. The number of amides is 1. The van der Waals surface area contributed by atoms with Gasteiger partial charge in [-0.1, -0.05) is 12.1 Å². The Morgan fingerprint density at radius 1 is 0.972 bits per heavy atom. The molecule has 6 nitrogen and oxygen atoms in total. The van der Waals surface area contributed by atoms with Crippen molar-refractivity contribution in [2.24, 2.45) is 17.1 Å². The van der Waals surface area contributed by atoms with Crippen LogP contribution < -0.4 is 16.0 Å². The van der Waals surface area contributed by atoms with E-state index in [1.54, 1.807) is 29.2 Å². The SMILES string of the molecule is N[C@@H](C(=O)N1CC(CNc2ccc(F)cc2)C2(C1)CN(c1cc(F)cc(F)c1)C2)c1ccc(O)cc1. The molecule has 2 saturated heterocycles. The number of carbonyl (C=O) groups is 1. The van der Waals surface area contributed by atoms with Crippen molar-refractivity contribution in [2.75, 3.05) is 42.9 Å². The Balaban J connectivity index is 1.33. The zero-order chi connectivity index (χ0) is 25.4. The molecule has 4 N–H and O–H groups in total. The van der Waals surface area contributed by atoms with Crippen LogP contribution in [0, 0.1) is 28.8 Å². The average molecular weight is 497 g/mol. The Morgan fingerprint density at radius 3 is 2.25 bits per heavy atom. The number of rotatable bonds is 6. The number of nitrogens with one attached hydrogen (secondary N) is 1. The number of aromatic hydroxyl groups is 1. The highest BCUT2D eigenvalue weighted by molar-refractivity contribution is 5.83. The second kappa shape index (κ2) is 9.39. The van der Waals surface area contributed by atoms with Crippen LogP contribution in [0.4, 0.5) is 24.5 Å². The lowest BCUT2D eigenvalue weighted by atomic mass is 9.71. The predicted octanol–water partition coefficient (Wildman–Crippen LogP) is 3.89. The van der Waals surface area contributed by atoms with E-state index in [0.717, 1.165) is 11.8 Å². The Labute approximate surface area is 207 Å². The molecular weight excluding hydrogens is 469 g/mol. The molecule has 0 radical (unpaired) electrons. The third-order valence-corrected chi connectivity index (χ3v) is 7.26. The number of nitrogens with zero attached hydrogens (tertiary/aromatic N) is 2. The van der Waals surface area contributed by atoms with Crippen molar-refractivity contribution in [3.8, 4) is 5.75 Å². The van der Waals surface area contributed by atoms with Gasteiger partial charge in [-0.2, -0.15) is 0 Å². The van der Waals surface area contributed by atoms with Crippen LogP contribution in [0.1, 0.15) is 11.6 Å². The van der Waals surface area contributed by atoms with Gasteiger partial charge in [0.25, 0.3) is 0 Å². The summed E-state index contributed by atoms with van der Waals surface area (Å²) in [6.07, 6.45) is 0. The highest BCUT2D eigenvalue weighted by Crippen LogP contribution is 2.46. The zero-order valence-electron chi connectivity index (χ0n) is 19.5. The van der Waals surface area contributed by atoms with Gasteiger partial charge in [-0.3, -0.25) is 4.79 Å². The summed E-state index contributed by atoms with van der Waals surface area (Å²) >= 11 is 0. The Morgan fingerprint density at radius 2 is 1.61 bits per heavy atom. The number of benzene rings is 3. The summed E-state index contributed by atoms with van der Waals surface area (Å²) in [6.45, 7) is 2.52. The van der Waals surface area contributed by atoms with Crippen molar-refractivity contribution < 1.29 is 23.1 Å². The number of anilines is 2. The lowest BCUT2D eigenvalue weighted by Crippen LogP contribution is -2.61. The van der Waals surface area contributed by atoms with Crippen LogP contribution in [0.3, 0.4) is 0 Å². The summed E-state index contributed by atoms with van der Waals surface area (Å²) in [6, 6.07) is 14.9. The fourth-order valence-electron chi connectivity index (χ4n) is 5.29. The van der Waals surface area contributed by atoms with Crippen molar-refractivity contribution in [3.05, 3.63) is 89.7 Å². The first kappa shape index (κ1) is 24.0. The molecular formula is C27H27F3N4O2. The number of halogens is 3. The monoisotopic (exact) mass is 496 g/mol. The van der Waals surface area contributed by atoms with E-state index < -0.39 is 17.7 Å². The molecule has 2 aliphatic rings. The fraction of sp³-hybridized carbons (Fsp3) is 0.296. The molecule has 3 aromatic rings. The van der Waals surface area contributed by atoms with Gasteiger partial charge in [-0.05, 0) is 54.1 Å². The largest absolute Gasteiger partial charge is 0.508 e. The minimum Gasteiger partial charge on any atom is -0.508 e. The van der Waals surface area contributed by atoms with Crippen molar-refractivity contribution in [1.82, 2.24) is 4.90 Å². The molecule has 9 heteroatoms. The van der Waals surface area contributed by atoms with E-state index in [2.05, 4.69) is 5.32 Å². The van der Waals surface area contributed by atoms with Crippen LogP contribution in [0.5, 0.6) is 5.75 Å². The topological polar surface area (TPSA) is 81.8 Å². The highest BCUT2D eigenvalue weighted by atomic mass is 19.1. The molecule has 1 spiro atoms. The minimum absolute atomic E-state index is 0.0353. The van der Waals surface area contributed by atoms with E-state index in [9.17, 15) is 23.1 Å². The van der Waals surface area contributed by atoms with Gasteiger partial charge in [0.15, 0.2) is 0 Å². The smallest absolute Gasteiger partial charge is 0.244 e. The van der Waals surface area contributed by atoms with E-state index in [1.165, 1.54) is 36.4 Å². The molecule has 0 saturated carbocycles. The van der Waals surface area contributed by atoms with Crippen LogP contribution in [0.25, 0.3) is 0 Å². The molecule has 0 aromatic heterocycles. The lowest BCUT2D eigenvalue weighted by molar-refractivity contribution is -0.132. The van der Waals surface area contributed by atoms with E-state index in [1.807, 2.05) is 4.90 Å². The predicted molar refractivity (Wildman–Crippen MR) is 131 cm³/mol. The van der Waals surface area contributed by atoms with Gasteiger partial charge >= 0.3 is 0 Å². The van der Waals surface area contributed by atoms with E-state index in [-0.39, 0.29) is 28.8 Å². The minimum atomic E-state index is -0.875. The molecule has 2 fully saturated rings. The van der Waals surface area contributed by atoms with Crippen LogP contribution in [-0.4, -0.2) is 48.6 Å². The molecule has 36 heavy (non-hydrogen) atoms. The lowest BCUT2D eigenvalue weighted by Gasteiger charge is -2.52. The van der Waals surface area contributed by atoms with Gasteiger partial charge in [-0.15, -0.1) is 0 Å². The van der Waals surface area contributed by atoms with Crippen LogP contribution in [0.15, 0.2) is 66.7 Å². The first-order valence-corrected chi connectivity index (χ1v) is 11.8. The Bertz CT molecular complexity index is 1230. The highest BCUT2D eigenvalue weighted by Gasteiger charge is 2.55. The van der Waals surface area contributed by atoms with Crippen LogP contribution in [0.2, 0.25) is 0 Å². The molecule has 2 aliphatic heterocycles. The number of hydrogen-bond acceptors (Lipinski definition) is 5. The normalized spacial score (nSPS) is 19.3. The number of hydrogen-bond donors (Lipinski definition) is 3. The average Bonchev–Trinajstić information content (AvgIpc) is 3.21. The van der Waals surface area contributed by atoms with E-state index in [4.69, 9.17) is 5.73 Å². The van der Waals surface area contributed by atoms with Crippen molar-refractivity contribution in [1.29, 1.82) is 0 Å². The van der Waals surface area contributed by atoms with Gasteiger partial charge in [0, 0.05) is 61.5 Å². The van der Waals surface area contributed by atoms with Crippen molar-refractivity contribution in [2.45, 2.75) is 6.04 Å². The third kappa shape index (κ3) is 4.70. The number of likely N-dealkylation sites (tertiary alicyclic amines) is 1. The summed E-state index contributed by atoms with van der Waals surface area (Å²) in [5.41, 5.74) is 7.82. The van der Waals surface area contributed by atoms with E-state index >= 15 is 0 Å². The molecule has 1 unspecified atom stereocenters. The summed E-state index contributed by atoms with van der Waals surface area (Å²) < 4.78 is 40.9. The molecule has 0 aliphatic carbocycles. The zero-order valence-corrected chi connectivity index (χ0v) is 19.5. The molecule has 2 heterocycles. The van der Waals surface area contributed by atoms with Crippen molar-refractivity contribution in [3.63, 3.8) is 0 Å². The first-order valence-electron chi connectivity index (χ1n) is 11.8. The number of carbonyl (C=O) groups excluding carboxylic acids is 1. The summed E-state index contributed by atoms with van der Waals surface area (Å²) in [5, 5.41) is 12.9. The van der Waals surface area contributed by atoms with Gasteiger partial charge in [0.1, 0.15) is 29.2 Å². The molecule has 5 rings (SSSR count). The molecule has 3 aromatic carbocycles. The number of phenolic OH excluding ortho intramolecular Hbond substituents is 1. The van der Waals surface area contributed by atoms with Gasteiger partial charge in [-0.25, -0.2) is 13.2 Å². The van der Waals surface area contributed by atoms with Crippen molar-refractivity contribution >= 4 is 17.3 Å². The van der Waals surface area contributed by atoms with E-state index in [0.29, 0.717) is 44.0 Å².